The van der Waals surface area contributed by atoms with Crippen molar-refractivity contribution in [3.8, 4) is 0 Å². The summed E-state index contributed by atoms with van der Waals surface area (Å²) in [4.78, 5) is 0. The van der Waals surface area contributed by atoms with E-state index < -0.39 is 0 Å². The van der Waals surface area contributed by atoms with Gasteiger partial charge in [0.15, 0.2) is 5.58 Å². The molecule has 0 saturated heterocycles. The number of aromatic nitrogens is 1. The van der Waals surface area contributed by atoms with Crippen LogP contribution in [-0.2, 0) is 0 Å². The van der Waals surface area contributed by atoms with E-state index in [0.717, 1.165) is 11.0 Å². The molecule has 0 N–H and O–H groups in total. The van der Waals surface area contributed by atoms with Crippen molar-refractivity contribution < 1.29 is 4.52 Å². The number of benzene rings is 1. The Hall–Kier alpha value is -1.31. The Bertz CT molecular complexity index is 429. The van der Waals surface area contributed by atoms with E-state index in [0.29, 0.717) is 0 Å². The average Bonchev–Trinajstić information content (AvgIpc) is 2.67. The number of nitrogens with zero attached hydrogens (tertiary/aromatic N) is 1. The second-order valence-corrected chi connectivity index (χ2v) is 3.20. The first-order valence-electron chi connectivity index (χ1n) is 5.01. The normalized spacial score (nSPS) is 9.79. The van der Waals surface area contributed by atoms with Crippen molar-refractivity contribution in [2.24, 2.45) is 0 Å². The van der Waals surface area contributed by atoms with Crippen molar-refractivity contribution in [1.29, 1.82) is 0 Å². The standard InChI is InChI=1S/C10H11NO.C2H6/c1-6-4-7(2)9-5-11-12-10(9)8(6)3;1-2/h4-5H,1-3H3;1-2H3. The van der Waals surface area contributed by atoms with Gasteiger partial charge in [-0.1, -0.05) is 25.1 Å². The van der Waals surface area contributed by atoms with Crippen LogP contribution in [0.2, 0.25) is 0 Å². The topological polar surface area (TPSA) is 26.0 Å². The van der Waals surface area contributed by atoms with E-state index in [9.17, 15) is 0 Å². The van der Waals surface area contributed by atoms with Gasteiger partial charge >= 0.3 is 0 Å². The summed E-state index contributed by atoms with van der Waals surface area (Å²) in [7, 11) is 0. The molecule has 0 aliphatic heterocycles. The van der Waals surface area contributed by atoms with Crippen molar-refractivity contribution >= 4 is 11.0 Å². The molecule has 0 unspecified atom stereocenters. The van der Waals surface area contributed by atoms with Gasteiger partial charge < -0.3 is 4.52 Å². The van der Waals surface area contributed by atoms with E-state index in [1.807, 2.05) is 13.8 Å². The largest absolute Gasteiger partial charge is 0.356 e. The predicted octanol–water partition coefficient (Wildman–Crippen LogP) is 3.78. The molecule has 0 spiro atoms. The van der Waals surface area contributed by atoms with Crippen LogP contribution in [-0.4, -0.2) is 5.16 Å². The van der Waals surface area contributed by atoms with E-state index in [-0.39, 0.29) is 0 Å². The second-order valence-electron chi connectivity index (χ2n) is 3.20. The lowest BCUT2D eigenvalue weighted by molar-refractivity contribution is 0.455. The molecule has 0 fully saturated rings. The van der Waals surface area contributed by atoms with Gasteiger partial charge in [0.25, 0.3) is 0 Å². The lowest BCUT2D eigenvalue weighted by atomic mass is 10.0. The molecule has 2 heteroatoms. The zero-order valence-electron chi connectivity index (χ0n) is 9.51. The highest BCUT2D eigenvalue weighted by molar-refractivity contribution is 5.83. The summed E-state index contributed by atoms with van der Waals surface area (Å²) >= 11 is 0. The molecule has 0 aliphatic carbocycles. The maximum atomic E-state index is 5.16. The van der Waals surface area contributed by atoms with Gasteiger partial charge in [0.1, 0.15) is 0 Å². The molecule has 1 heterocycles. The van der Waals surface area contributed by atoms with E-state index in [4.69, 9.17) is 4.52 Å². The first-order valence-corrected chi connectivity index (χ1v) is 5.01. The molecule has 0 amide bonds. The van der Waals surface area contributed by atoms with Crippen LogP contribution in [0, 0.1) is 20.8 Å². The minimum atomic E-state index is 0.924. The van der Waals surface area contributed by atoms with Gasteiger partial charge in [0.05, 0.1) is 6.20 Å². The highest BCUT2D eigenvalue weighted by Gasteiger charge is 2.06. The number of rotatable bonds is 0. The zero-order valence-corrected chi connectivity index (χ0v) is 9.51. The van der Waals surface area contributed by atoms with Crippen LogP contribution in [0.25, 0.3) is 11.0 Å². The minimum absolute atomic E-state index is 0.924. The maximum absolute atomic E-state index is 5.16. The summed E-state index contributed by atoms with van der Waals surface area (Å²) in [6, 6.07) is 2.16. The fourth-order valence-electron chi connectivity index (χ4n) is 1.48. The molecule has 2 aromatic rings. The van der Waals surface area contributed by atoms with Crippen molar-refractivity contribution in [3.63, 3.8) is 0 Å². The Kier molecular flexibility index (Phi) is 3.28. The van der Waals surface area contributed by atoms with Crippen molar-refractivity contribution in [2.45, 2.75) is 34.6 Å². The smallest absolute Gasteiger partial charge is 0.170 e. The number of hydrogen-bond acceptors (Lipinski definition) is 2. The molecule has 0 aliphatic rings. The fraction of sp³-hybridized carbons (Fsp3) is 0.417. The molecule has 0 bridgehead atoms. The Morgan fingerprint density at radius 2 is 1.71 bits per heavy atom. The third-order valence-corrected chi connectivity index (χ3v) is 2.36. The highest BCUT2D eigenvalue weighted by atomic mass is 16.5. The maximum Gasteiger partial charge on any atom is 0.170 e. The summed E-state index contributed by atoms with van der Waals surface area (Å²) < 4.78 is 5.16. The summed E-state index contributed by atoms with van der Waals surface area (Å²) in [6.45, 7) is 10.2. The fourth-order valence-corrected chi connectivity index (χ4v) is 1.48. The molecule has 1 aromatic heterocycles. The highest BCUT2D eigenvalue weighted by Crippen LogP contribution is 2.24. The third kappa shape index (κ3) is 1.65. The lowest BCUT2D eigenvalue weighted by Crippen LogP contribution is -1.83. The van der Waals surface area contributed by atoms with Gasteiger partial charge in [-0.15, -0.1) is 0 Å². The molecule has 0 saturated carbocycles. The molecule has 2 rings (SSSR count). The van der Waals surface area contributed by atoms with Crippen molar-refractivity contribution in [1.82, 2.24) is 5.16 Å². The van der Waals surface area contributed by atoms with Crippen LogP contribution in [0.3, 0.4) is 0 Å². The van der Waals surface area contributed by atoms with Gasteiger partial charge in [-0.05, 0) is 37.5 Å². The van der Waals surface area contributed by atoms with Crippen LogP contribution >= 0.6 is 0 Å². The van der Waals surface area contributed by atoms with Crippen LogP contribution in [0.5, 0.6) is 0 Å². The summed E-state index contributed by atoms with van der Waals surface area (Å²) in [6.07, 6.45) is 1.77. The van der Waals surface area contributed by atoms with Gasteiger partial charge in [-0.3, -0.25) is 0 Å². The molecular formula is C12H17NO. The van der Waals surface area contributed by atoms with E-state index in [1.165, 1.54) is 16.7 Å². The first-order chi connectivity index (χ1) is 6.70. The predicted molar refractivity (Wildman–Crippen MR) is 59.6 cm³/mol. The number of aryl methyl sites for hydroxylation is 3. The van der Waals surface area contributed by atoms with Crippen LogP contribution < -0.4 is 0 Å². The molecule has 14 heavy (non-hydrogen) atoms. The van der Waals surface area contributed by atoms with Gasteiger partial charge in [0.2, 0.25) is 0 Å². The van der Waals surface area contributed by atoms with Crippen molar-refractivity contribution in [3.05, 3.63) is 29.0 Å². The molecule has 0 atom stereocenters. The van der Waals surface area contributed by atoms with Crippen LogP contribution in [0.15, 0.2) is 16.8 Å². The third-order valence-electron chi connectivity index (χ3n) is 2.36. The lowest BCUT2D eigenvalue weighted by Gasteiger charge is -2.01. The minimum Gasteiger partial charge on any atom is -0.356 e. The molecule has 2 nitrogen and oxygen atoms in total. The summed E-state index contributed by atoms with van der Waals surface area (Å²) in [5.74, 6) is 0. The Morgan fingerprint density at radius 1 is 1.07 bits per heavy atom. The molecule has 76 valence electrons. The van der Waals surface area contributed by atoms with E-state index in [2.05, 4.69) is 32.0 Å². The van der Waals surface area contributed by atoms with Gasteiger partial charge in [0, 0.05) is 5.39 Å². The van der Waals surface area contributed by atoms with Crippen LogP contribution in [0.1, 0.15) is 30.5 Å². The Labute approximate surface area is 84.9 Å². The molecule has 1 aromatic carbocycles. The summed E-state index contributed by atoms with van der Waals surface area (Å²) in [5, 5.41) is 4.91. The average molecular weight is 191 g/mol. The SMILES string of the molecule is CC.Cc1cc(C)c2cnoc2c1C. The monoisotopic (exact) mass is 191 g/mol. The van der Waals surface area contributed by atoms with Crippen molar-refractivity contribution in [2.75, 3.05) is 0 Å². The first kappa shape index (κ1) is 10.8. The quantitative estimate of drug-likeness (QED) is 0.633. The molecule has 0 radical (unpaired) electrons. The number of fused-ring (bicyclic) bond motifs is 1. The molecular weight excluding hydrogens is 174 g/mol. The van der Waals surface area contributed by atoms with E-state index >= 15 is 0 Å². The Balaban J connectivity index is 0.000000461. The van der Waals surface area contributed by atoms with Gasteiger partial charge in [-0.25, -0.2) is 0 Å². The van der Waals surface area contributed by atoms with E-state index in [1.54, 1.807) is 6.20 Å². The van der Waals surface area contributed by atoms with Crippen LogP contribution in [0.4, 0.5) is 0 Å². The second kappa shape index (κ2) is 4.27. The van der Waals surface area contributed by atoms with Gasteiger partial charge in [-0.2, -0.15) is 0 Å². The Morgan fingerprint density at radius 3 is 2.36 bits per heavy atom. The number of hydrogen-bond donors (Lipinski definition) is 0. The zero-order chi connectivity index (χ0) is 10.7. The summed E-state index contributed by atoms with van der Waals surface area (Å²) in [5.41, 5.74) is 4.60.